The van der Waals surface area contributed by atoms with Gasteiger partial charge in [-0.2, -0.15) is 4.98 Å². The average Bonchev–Trinajstić information content (AvgIpc) is 3.07. The third kappa shape index (κ3) is 4.50. The van der Waals surface area contributed by atoms with E-state index in [1.165, 1.54) is 37.4 Å². The van der Waals surface area contributed by atoms with Crippen molar-refractivity contribution in [1.82, 2.24) is 14.8 Å². The number of sulfonamides is 1. The van der Waals surface area contributed by atoms with Gasteiger partial charge in [-0.3, -0.25) is 0 Å². The number of rotatable bonds is 7. The molecule has 10 heteroatoms. The first kappa shape index (κ1) is 19.0. The van der Waals surface area contributed by atoms with Crippen LogP contribution in [0.5, 0.6) is 11.5 Å². The zero-order chi connectivity index (χ0) is 19.4. The molecule has 0 bridgehead atoms. The highest BCUT2D eigenvalue weighted by Crippen LogP contribution is 2.29. The second-order valence-electron chi connectivity index (χ2n) is 5.52. The summed E-state index contributed by atoms with van der Waals surface area (Å²) in [7, 11) is -1.13. The van der Waals surface area contributed by atoms with Gasteiger partial charge in [0.15, 0.2) is 0 Å². The molecular weight excluding hydrogens is 392 g/mol. The second kappa shape index (κ2) is 7.85. The van der Waals surface area contributed by atoms with Gasteiger partial charge in [0.1, 0.15) is 22.7 Å². The van der Waals surface area contributed by atoms with E-state index >= 15 is 0 Å². The molecule has 142 valence electrons. The van der Waals surface area contributed by atoms with Crippen LogP contribution in [0.3, 0.4) is 0 Å². The third-order valence-corrected chi connectivity index (χ3v) is 5.24. The Labute approximate surface area is 161 Å². The monoisotopic (exact) mass is 408 g/mol. The van der Waals surface area contributed by atoms with Crippen molar-refractivity contribution in [2.45, 2.75) is 11.4 Å². The van der Waals surface area contributed by atoms with Crippen molar-refractivity contribution < 1.29 is 17.9 Å². The molecule has 0 radical (unpaired) electrons. The first-order chi connectivity index (χ1) is 12.9. The van der Waals surface area contributed by atoms with Crippen LogP contribution in [0, 0.1) is 0 Å². The molecule has 1 N–H and O–H groups in total. The maximum Gasteiger partial charge on any atom is 0.268 e. The quantitative estimate of drug-likeness (QED) is 0.645. The lowest BCUT2D eigenvalue weighted by Crippen LogP contribution is -2.15. The Morgan fingerprint density at radius 3 is 2.67 bits per heavy atom. The Kier molecular flexibility index (Phi) is 5.52. The Morgan fingerprint density at radius 2 is 1.96 bits per heavy atom. The molecule has 1 aromatic heterocycles. The number of benzene rings is 2. The van der Waals surface area contributed by atoms with E-state index in [-0.39, 0.29) is 16.6 Å². The predicted octanol–water partition coefficient (Wildman–Crippen LogP) is 2.80. The summed E-state index contributed by atoms with van der Waals surface area (Å²) in [6, 6.07) is 11.8. The van der Waals surface area contributed by atoms with Crippen molar-refractivity contribution in [3.8, 4) is 11.5 Å². The molecule has 0 saturated heterocycles. The summed E-state index contributed by atoms with van der Waals surface area (Å²) >= 11 is 5.97. The van der Waals surface area contributed by atoms with E-state index in [9.17, 15) is 8.42 Å². The van der Waals surface area contributed by atoms with Crippen LogP contribution >= 0.6 is 11.6 Å². The summed E-state index contributed by atoms with van der Waals surface area (Å²) in [5.41, 5.74) is 0.913. The lowest BCUT2D eigenvalue weighted by atomic mass is 10.2. The Bertz CT molecular complexity index is 1050. The van der Waals surface area contributed by atoms with Crippen LogP contribution in [0.25, 0.3) is 0 Å². The smallest absolute Gasteiger partial charge is 0.268 e. The van der Waals surface area contributed by atoms with Crippen LogP contribution in [0.1, 0.15) is 5.56 Å². The fraction of sp³-hybridized carbons (Fsp3) is 0.176. The first-order valence-corrected chi connectivity index (χ1v) is 9.66. The van der Waals surface area contributed by atoms with E-state index in [0.717, 1.165) is 5.56 Å². The molecule has 1 heterocycles. The Balaban J connectivity index is 1.82. The fourth-order valence-electron chi connectivity index (χ4n) is 2.41. The SMILES string of the molecule is COc1ccc(OC)c(S(=O)(=O)Nc2ncn(Cc3cccc(Cl)c3)n2)c1. The zero-order valence-corrected chi connectivity index (χ0v) is 16.2. The topological polar surface area (TPSA) is 95.3 Å². The van der Waals surface area contributed by atoms with Crippen molar-refractivity contribution in [3.63, 3.8) is 0 Å². The largest absolute Gasteiger partial charge is 0.497 e. The number of anilines is 1. The van der Waals surface area contributed by atoms with Gasteiger partial charge in [-0.15, -0.1) is 5.10 Å². The number of hydrogen-bond acceptors (Lipinski definition) is 6. The number of ether oxygens (including phenoxy) is 2. The molecule has 0 atom stereocenters. The maximum atomic E-state index is 12.7. The zero-order valence-electron chi connectivity index (χ0n) is 14.6. The molecule has 27 heavy (non-hydrogen) atoms. The minimum Gasteiger partial charge on any atom is -0.497 e. The van der Waals surface area contributed by atoms with E-state index in [0.29, 0.717) is 17.3 Å². The van der Waals surface area contributed by atoms with Gasteiger partial charge in [0.2, 0.25) is 0 Å². The summed E-state index contributed by atoms with van der Waals surface area (Å²) in [4.78, 5) is 3.93. The molecule has 0 aliphatic rings. The van der Waals surface area contributed by atoms with Crippen molar-refractivity contribution >= 4 is 27.6 Å². The molecule has 0 fully saturated rings. The minimum absolute atomic E-state index is 0.0538. The van der Waals surface area contributed by atoms with Gasteiger partial charge in [-0.25, -0.2) is 17.8 Å². The van der Waals surface area contributed by atoms with Gasteiger partial charge in [0, 0.05) is 11.1 Å². The van der Waals surface area contributed by atoms with E-state index in [1.807, 2.05) is 12.1 Å². The van der Waals surface area contributed by atoms with Gasteiger partial charge in [0.25, 0.3) is 16.0 Å². The molecule has 0 saturated carbocycles. The molecule has 0 aliphatic heterocycles. The summed E-state index contributed by atoms with van der Waals surface area (Å²) in [6.45, 7) is 0.401. The number of methoxy groups -OCH3 is 2. The molecule has 0 aliphatic carbocycles. The summed E-state index contributed by atoms with van der Waals surface area (Å²) in [5.74, 6) is 0.513. The molecule has 3 rings (SSSR count). The number of halogens is 1. The third-order valence-electron chi connectivity index (χ3n) is 3.66. The van der Waals surface area contributed by atoms with Crippen LogP contribution in [-0.4, -0.2) is 37.4 Å². The van der Waals surface area contributed by atoms with Crippen molar-refractivity contribution in [3.05, 3.63) is 59.4 Å². The van der Waals surface area contributed by atoms with Crippen molar-refractivity contribution in [1.29, 1.82) is 0 Å². The first-order valence-electron chi connectivity index (χ1n) is 7.80. The summed E-state index contributed by atoms with van der Waals surface area (Å²) in [6.07, 6.45) is 1.43. The average molecular weight is 409 g/mol. The molecule has 3 aromatic rings. The highest BCUT2D eigenvalue weighted by molar-refractivity contribution is 7.92. The van der Waals surface area contributed by atoms with E-state index in [2.05, 4.69) is 14.8 Å². The molecule has 2 aromatic carbocycles. The lowest BCUT2D eigenvalue weighted by molar-refractivity contribution is 0.392. The normalized spacial score (nSPS) is 11.2. The van der Waals surface area contributed by atoms with Crippen LogP contribution in [0.2, 0.25) is 5.02 Å². The standard InChI is InChI=1S/C17H17ClN4O4S/c1-25-14-6-7-15(26-2)16(9-14)27(23,24)21-17-19-11-22(20-17)10-12-4-3-5-13(18)8-12/h3-9,11H,10H2,1-2H3,(H,20,21). The molecule has 0 spiro atoms. The maximum absolute atomic E-state index is 12.7. The van der Waals surface area contributed by atoms with Crippen molar-refractivity contribution in [2.75, 3.05) is 18.9 Å². The van der Waals surface area contributed by atoms with E-state index in [1.54, 1.807) is 18.2 Å². The highest BCUT2D eigenvalue weighted by atomic mass is 35.5. The highest BCUT2D eigenvalue weighted by Gasteiger charge is 2.22. The lowest BCUT2D eigenvalue weighted by Gasteiger charge is -2.11. The molecule has 0 amide bonds. The van der Waals surface area contributed by atoms with Crippen LogP contribution in [0.4, 0.5) is 5.95 Å². The van der Waals surface area contributed by atoms with Gasteiger partial charge < -0.3 is 9.47 Å². The van der Waals surface area contributed by atoms with Crippen LogP contribution < -0.4 is 14.2 Å². The summed E-state index contributed by atoms with van der Waals surface area (Å²) < 4.78 is 39.5. The van der Waals surface area contributed by atoms with Gasteiger partial charge in [-0.05, 0) is 29.8 Å². The van der Waals surface area contributed by atoms with E-state index < -0.39 is 10.0 Å². The minimum atomic E-state index is -3.97. The summed E-state index contributed by atoms with van der Waals surface area (Å²) in [5, 5.41) is 4.75. The number of hydrogen-bond donors (Lipinski definition) is 1. The fourth-order valence-corrected chi connectivity index (χ4v) is 3.75. The number of nitrogens with zero attached hydrogens (tertiary/aromatic N) is 3. The van der Waals surface area contributed by atoms with Gasteiger partial charge >= 0.3 is 0 Å². The van der Waals surface area contributed by atoms with Crippen LogP contribution in [0.15, 0.2) is 53.7 Å². The Hall–Kier alpha value is -2.78. The Morgan fingerprint density at radius 1 is 1.15 bits per heavy atom. The van der Waals surface area contributed by atoms with E-state index in [4.69, 9.17) is 21.1 Å². The van der Waals surface area contributed by atoms with Gasteiger partial charge in [-0.1, -0.05) is 23.7 Å². The number of aromatic nitrogens is 3. The molecular formula is C17H17ClN4O4S. The van der Waals surface area contributed by atoms with Crippen LogP contribution in [-0.2, 0) is 16.6 Å². The predicted molar refractivity (Wildman–Crippen MR) is 101 cm³/mol. The molecule has 8 nitrogen and oxygen atoms in total. The van der Waals surface area contributed by atoms with Crippen molar-refractivity contribution in [2.24, 2.45) is 0 Å². The molecule has 0 unspecified atom stereocenters. The van der Waals surface area contributed by atoms with Gasteiger partial charge in [0.05, 0.1) is 20.8 Å². The second-order valence-corrected chi connectivity index (χ2v) is 7.61. The number of nitrogens with one attached hydrogen (secondary N) is 1.